The number of hydrogen-bond donors (Lipinski definition) is 0. The van der Waals surface area contributed by atoms with E-state index >= 15 is 0 Å². The Morgan fingerprint density at radius 1 is 1.24 bits per heavy atom. The van der Waals surface area contributed by atoms with Crippen molar-refractivity contribution in [2.75, 3.05) is 7.05 Å². The third-order valence-corrected chi connectivity index (χ3v) is 3.49. The lowest BCUT2D eigenvalue weighted by atomic mass is 10.3. The van der Waals surface area contributed by atoms with Crippen LogP contribution < -0.4 is 4.74 Å². The van der Waals surface area contributed by atoms with Crippen LogP contribution in [-0.2, 0) is 13.2 Å². The number of ether oxygens (including phenoxy) is 1. The number of carbonyl (C=O) groups excluding carboxylic acids is 1. The number of aryl methyl sites for hydroxylation is 1. The molecule has 0 aliphatic heterocycles. The van der Waals surface area contributed by atoms with Gasteiger partial charge in [-0.15, -0.1) is 0 Å². The van der Waals surface area contributed by atoms with Gasteiger partial charge in [-0.05, 0) is 43.3 Å². The van der Waals surface area contributed by atoms with Crippen molar-refractivity contribution in [1.29, 1.82) is 0 Å². The summed E-state index contributed by atoms with van der Waals surface area (Å²) in [6.45, 7) is 2.25. The van der Waals surface area contributed by atoms with Crippen molar-refractivity contribution in [1.82, 2.24) is 10.1 Å². The monoisotopic (exact) mass is 344 g/mol. The molecule has 0 unspecified atom stereocenters. The largest absolute Gasteiger partial charge is 0.486 e. The fraction of sp³-hybridized carbons (Fsp3) is 0.222. The molecule has 1 amide bonds. The van der Waals surface area contributed by atoms with Gasteiger partial charge in [-0.3, -0.25) is 4.79 Å². The highest BCUT2D eigenvalue weighted by molar-refractivity contribution is 5.91. The number of benzene rings is 1. The highest BCUT2D eigenvalue weighted by Crippen LogP contribution is 2.16. The highest BCUT2D eigenvalue weighted by atomic mass is 19.1. The topological polar surface area (TPSA) is 68.7 Å². The quantitative estimate of drug-likeness (QED) is 0.684. The molecule has 2 heterocycles. The SMILES string of the molecule is Cc1cc(CN(C)C(=O)c2ccc(COc3ccc(F)cc3)o2)no1. The van der Waals surface area contributed by atoms with E-state index in [4.69, 9.17) is 13.7 Å². The Balaban J connectivity index is 1.58. The standard InChI is InChI=1S/C18H17FN2O4/c1-12-9-14(20-25-12)10-21(2)18(22)17-8-7-16(24-17)11-23-15-5-3-13(19)4-6-15/h3-9H,10-11H2,1-2H3. The summed E-state index contributed by atoms with van der Waals surface area (Å²) in [5.74, 6) is 1.31. The summed E-state index contributed by atoms with van der Waals surface area (Å²) >= 11 is 0. The van der Waals surface area contributed by atoms with Crippen LogP contribution in [-0.4, -0.2) is 23.0 Å². The lowest BCUT2D eigenvalue weighted by Crippen LogP contribution is -2.25. The lowest BCUT2D eigenvalue weighted by molar-refractivity contribution is 0.0746. The highest BCUT2D eigenvalue weighted by Gasteiger charge is 2.17. The van der Waals surface area contributed by atoms with E-state index in [1.54, 1.807) is 32.2 Å². The van der Waals surface area contributed by atoms with Gasteiger partial charge in [0, 0.05) is 13.1 Å². The maximum Gasteiger partial charge on any atom is 0.289 e. The molecule has 0 aliphatic rings. The summed E-state index contributed by atoms with van der Waals surface area (Å²) in [7, 11) is 1.66. The molecule has 0 aliphatic carbocycles. The van der Waals surface area contributed by atoms with Crippen molar-refractivity contribution in [2.45, 2.75) is 20.1 Å². The summed E-state index contributed by atoms with van der Waals surface area (Å²) in [5, 5.41) is 3.86. The van der Waals surface area contributed by atoms with E-state index in [2.05, 4.69) is 5.16 Å². The zero-order valence-electron chi connectivity index (χ0n) is 13.9. The maximum absolute atomic E-state index is 12.8. The van der Waals surface area contributed by atoms with Gasteiger partial charge in [0.15, 0.2) is 5.76 Å². The smallest absolute Gasteiger partial charge is 0.289 e. The summed E-state index contributed by atoms with van der Waals surface area (Å²) in [4.78, 5) is 13.9. The summed E-state index contributed by atoms with van der Waals surface area (Å²) in [6, 6.07) is 10.7. The van der Waals surface area contributed by atoms with Crippen molar-refractivity contribution in [2.24, 2.45) is 0 Å². The lowest BCUT2D eigenvalue weighted by Gasteiger charge is -2.13. The Morgan fingerprint density at radius 2 is 2.00 bits per heavy atom. The molecule has 0 bridgehead atoms. The number of carbonyl (C=O) groups is 1. The van der Waals surface area contributed by atoms with E-state index < -0.39 is 0 Å². The fourth-order valence-corrected chi connectivity index (χ4v) is 2.25. The minimum absolute atomic E-state index is 0.144. The van der Waals surface area contributed by atoms with Crippen molar-refractivity contribution in [3.63, 3.8) is 0 Å². The van der Waals surface area contributed by atoms with Gasteiger partial charge >= 0.3 is 0 Å². The van der Waals surface area contributed by atoms with E-state index in [1.807, 2.05) is 0 Å². The number of aromatic nitrogens is 1. The molecule has 0 saturated carbocycles. The molecule has 2 aromatic heterocycles. The number of hydrogen-bond acceptors (Lipinski definition) is 5. The summed E-state index contributed by atoms with van der Waals surface area (Å²) in [5.41, 5.74) is 0.666. The normalized spacial score (nSPS) is 10.7. The van der Waals surface area contributed by atoms with Gasteiger partial charge in [0.1, 0.15) is 35.4 Å². The van der Waals surface area contributed by atoms with Gasteiger partial charge in [-0.1, -0.05) is 5.16 Å². The predicted octanol–water partition coefficient (Wildman–Crippen LogP) is 3.57. The second-order valence-electron chi connectivity index (χ2n) is 5.60. The van der Waals surface area contributed by atoms with Crippen LogP contribution in [0.5, 0.6) is 5.75 Å². The van der Waals surface area contributed by atoms with Crippen molar-refractivity contribution in [3.05, 3.63) is 71.3 Å². The third-order valence-electron chi connectivity index (χ3n) is 3.49. The van der Waals surface area contributed by atoms with Crippen LogP contribution in [0.2, 0.25) is 0 Å². The Bertz CT molecular complexity index is 854. The molecule has 130 valence electrons. The average Bonchev–Trinajstić information content (AvgIpc) is 3.23. The Kier molecular flexibility index (Phi) is 4.83. The van der Waals surface area contributed by atoms with Crippen LogP contribution in [0.4, 0.5) is 4.39 Å². The van der Waals surface area contributed by atoms with Crippen molar-refractivity contribution < 1.29 is 22.9 Å². The first-order chi connectivity index (χ1) is 12.0. The van der Waals surface area contributed by atoms with Crippen molar-refractivity contribution in [3.8, 4) is 5.75 Å². The average molecular weight is 344 g/mol. The minimum atomic E-state index is -0.330. The van der Waals surface area contributed by atoms with Gasteiger partial charge < -0.3 is 18.6 Å². The first kappa shape index (κ1) is 16.8. The van der Waals surface area contributed by atoms with Crippen LogP contribution in [0.3, 0.4) is 0 Å². The molecule has 1 aromatic carbocycles. The van der Waals surface area contributed by atoms with E-state index in [0.29, 0.717) is 29.5 Å². The van der Waals surface area contributed by atoms with Crippen LogP contribution in [0.15, 0.2) is 51.4 Å². The number of amides is 1. The fourth-order valence-electron chi connectivity index (χ4n) is 2.25. The van der Waals surface area contributed by atoms with Crippen LogP contribution >= 0.6 is 0 Å². The molecule has 0 spiro atoms. The van der Waals surface area contributed by atoms with E-state index in [1.165, 1.54) is 29.2 Å². The molecule has 7 heteroatoms. The molecule has 6 nitrogen and oxygen atoms in total. The molecular formula is C18H17FN2O4. The second kappa shape index (κ2) is 7.21. The number of rotatable bonds is 6. The number of halogens is 1. The molecular weight excluding hydrogens is 327 g/mol. The summed E-state index contributed by atoms with van der Waals surface area (Å²) < 4.78 is 28.8. The van der Waals surface area contributed by atoms with Gasteiger partial charge in [0.05, 0.1) is 6.54 Å². The Hall–Kier alpha value is -3.09. The van der Waals surface area contributed by atoms with Gasteiger partial charge in [-0.2, -0.15) is 0 Å². The molecule has 0 atom stereocenters. The molecule has 3 rings (SSSR count). The molecule has 0 saturated heterocycles. The third kappa shape index (κ3) is 4.26. The molecule has 0 radical (unpaired) electrons. The number of nitrogens with zero attached hydrogens (tertiary/aromatic N) is 2. The van der Waals surface area contributed by atoms with Crippen LogP contribution in [0.1, 0.15) is 27.8 Å². The minimum Gasteiger partial charge on any atom is -0.486 e. The first-order valence-electron chi connectivity index (χ1n) is 7.66. The van der Waals surface area contributed by atoms with Gasteiger partial charge in [0.25, 0.3) is 5.91 Å². The van der Waals surface area contributed by atoms with E-state index in [9.17, 15) is 9.18 Å². The van der Waals surface area contributed by atoms with Crippen LogP contribution in [0.25, 0.3) is 0 Å². The van der Waals surface area contributed by atoms with Gasteiger partial charge in [-0.25, -0.2) is 4.39 Å². The molecule has 3 aromatic rings. The van der Waals surface area contributed by atoms with E-state index in [-0.39, 0.29) is 24.1 Å². The molecule has 25 heavy (non-hydrogen) atoms. The van der Waals surface area contributed by atoms with Gasteiger partial charge in [0.2, 0.25) is 0 Å². The first-order valence-corrected chi connectivity index (χ1v) is 7.66. The zero-order valence-corrected chi connectivity index (χ0v) is 13.9. The zero-order chi connectivity index (χ0) is 17.8. The second-order valence-corrected chi connectivity index (χ2v) is 5.60. The maximum atomic E-state index is 12.8. The number of furan rings is 1. The Labute approximate surface area is 143 Å². The summed E-state index contributed by atoms with van der Waals surface area (Å²) in [6.07, 6.45) is 0. The van der Waals surface area contributed by atoms with Crippen LogP contribution in [0, 0.1) is 12.7 Å². The van der Waals surface area contributed by atoms with Crippen molar-refractivity contribution >= 4 is 5.91 Å². The Morgan fingerprint density at radius 3 is 2.68 bits per heavy atom. The molecule has 0 fully saturated rings. The van der Waals surface area contributed by atoms with E-state index in [0.717, 1.165) is 0 Å². The molecule has 0 N–H and O–H groups in total. The predicted molar refractivity (Wildman–Crippen MR) is 86.5 cm³/mol.